The first-order valence-corrected chi connectivity index (χ1v) is 9.14. The minimum absolute atomic E-state index is 0.0869. The van der Waals surface area contributed by atoms with E-state index < -0.39 is 0 Å². The Hall–Kier alpha value is -3.51. The maximum atomic E-state index is 12.2. The molecule has 4 aromatic rings. The lowest BCUT2D eigenvalue weighted by Crippen LogP contribution is -2.22. The van der Waals surface area contributed by atoms with Gasteiger partial charge < -0.3 is 0 Å². The number of aryl methyl sites for hydroxylation is 1. The van der Waals surface area contributed by atoms with Crippen molar-refractivity contribution in [3.8, 4) is 0 Å². The van der Waals surface area contributed by atoms with Gasteiger partial charge in [-0.1, -0.05) is 48.5 Å². The Kier molecular flexibility index (Phi) is 5.12. The molecule has 0 fully saturated rings. The van der Waals surface area contributed by atoms with E-state index >= 15 is 0 Å². The topological polar surface area (TPSA) is 60.2 Å². The normalized spacial score (nSPS) is 10.9. The molecule has 28 heavy (non-hydrogen) atoms. The Bertz CT molecular complexity index is 1130. The molecule has 0 unspecified atom stereocenters. The van der Waals surface area contributed by atoms with Crippen molar-refractivity contribution in [2.75, 3.05) is 5.06 Å². The number of hydrogen-bond donors (Lipinski definition) is 0. The fourth-order valence-corrected chi connectivity index (χ4v) is 3.09. The monoisotopic (exact) mass is 372 g/mol. The van der Waals surface area contributed by atoms with Crippen LogP contribution in [-0.4, -0.2) is 14.5 Å². The Morgan fingerprint density at radius 1 is 0.929 bits per heavy atom. The van der Waals surface area contributed by atoms with E-state index in [-0.39, 0.29) is 5.56 Å². The lowest BCUT2D eigenvalue weighted by atomic mass is 10.2. The first-order valence-electron chi connectivity index (χ1n) is 9.14. The van der Waals surface area contributed by atoms with Gasteiger partial charge in [-0.2, -0.15) is 0 Å². The van der Waals surface area contributed by atoms with Gasteiger partial charge in [0.1, 0.15) is 18.6 Å². The van der Waals surface area contributed by atoms with Crippen molar-refractivity contribution >= 4 is 22.5 Å². The maximum Gasteiger partial charge on any atom is 0.252 e. The van der Waals surface area contributed by atoms with Gasteiger partial charge in [-0.3, -0.25) is 14.2 Å². The molecule has 0 saturated carbocycles. The lowest BCUT2D eigenvalue weighted by Gasteiger charge is -2.24. The standard InChI is InChI=1S/C22H20N4O2/c1-2-25-20(27)14-13-19-21(25)23-16-24-22(19)26(18-11-7-4-8-12-18)28-15-17-9-5-3-6-10-17/h3-14,16H,2,15H2,1H3. The molecular formula is C22H20N4O2. The van der Waals surface area contributed by atoms with Crippen LogP contribution >= 0.6 is 0 Å². The minimum Gasteiger partial charge on any atom is -0.293 e. The van der Waals surface area contributed by atoms with E-state index in [0.717, 1.165) is 16.6 Å². The van der Waals surface area contributed by atoms with Crippen LogP contribution in [0, 0.1) is 0 Å². The highest BCUT2D eigenvalue weighted by molar-refractivity contribution is 5.88. The van der Waals surface area contributed by atoms with Crippen molar-refractivity contribution in [3.05, 3.63) is 95.0 Å². The molecule has 6 heteroatoms. The number of pyridine rings is 1. The summed E-state index contributed by atoms with van der Waals surface area (Å²) < 4.78 is 1.63. The van der Waals surface area contributed by atoms with Gasteiger partial charge in [-0.05, 0) is 30.7 Å². The van der Waals surface area contributed by atoms with Gasteiger partial charge in [0.15, 0.2) is 5.82 Å². The fourth-order valence-electron chi connectivity index (χ4n) is 3.09. The second kappa shape index (κ2) is 8.02. The first kappa shape index (κ1) is 17.9. The average molecular weight is 372 g/mol. The number of benzene rings is 2. The highest BCUT2D eigenvalue weighted by atomic mass is 16.7. The van der Waals surface area contributed by atoms with Crippen LogP contribution in [0.2, 0.25) is 0 Å². The van der Waals surface area contributed by atoms with Crippen molar-refractivity contribution in [3.63, 3.8) is 0 Å². The second-order valence-corrected chi connectivity index (χ2v) is 6.24. The number of aromatic nitrogens is 3. The zero-order chi connectivity index (χ0) is 19.3. The van der Waals surface area contributed by atoms with Gasteiger partial charge in [0.2, 0.25) is 0 Å². The summed E-state index contributed by atoms with van der Waals surface area (Å²) in [6.45, 7) is 2.83. The molecule has 0 radical (unpaired) electrons. The summed E-state index contributed by atoms with van der Waals surface area (Å²) in [5, 5.41) is 2.45. The number of hydrogen-bond acceptors (Lipinski definition) is 5. The number of fused-ring (bicyclic) bond motifs is 1. The summed E-state index contributed by atoms with van der Waals surface area (Å²) in [6, 6.07) is 23.0. The zero-order valence-electron chi connectivity index (χ0n) is 15.5. The molecule has 2 heterocycles. The molecule has 0 saturated heterocycles. The highest BCUT2D eigenvalue weighted by Crippen LogP contribution is 2.29. The molecule has 6 nitrogen and oxygen atoms in total. The molecular weight excluding hydrogens is 352 g/mol. The number of rotatable bonds is 6. The zero-order valence-corrected chi connectivity index (χ0v) is 15.5. The Morgan fingerprint density at radius 3 is 2.36 bits per heavy atom. The molecule has 0 spiro atoms. The number of anilines is 2. The van der Waals surface area contributed by atoms with E-state index in [1.807, 2.05) is 67.6 Å². The van der Waals surface area contributed by atoms with E-state index in [1.54, 1.807) is 21.8 Å². The van der Waals surface area contributed by atoms with Gasteiger partial charge in [-0.25, -0.2) is 15.0 Å². The van der Waals surface area contributed by atoms with Crippen molar-refractivity contribution in [2.45, 2.75) is 20.1 Å². The van der Waals surface area contributed by atoms with Crippen LogP contribution in [0.25, 0.3) is 11.0 Å². The third kappa shape index (κ3) is 3.50. The predicted octanol–water partition coefficient (Wildman–Crippen LogP) is 4.08. The summed E-state index contributed by atoms with van der Waals surface area (Å²) in [4.78, 5) is 27.2. The summed E-state index contributed by atoms with van der Waals surface area (Å²) in [5.41, 5.74) is 2.39. The van der Waals surface area contributed by atoms with E-state index in [4.69, 9.17) is 4.84 Å². The van der Waals surface area contributed by atoms with Crippen LogP contribution in [-0.2, 0) is 18.0 Å². The highest BCUT2D eigenvalue weighted by Gasteiger charge is 2.17. The van der Waals surface area contributed by atoms with Crippen LogP contribution < -0.4 is 10.6 Å². The van der Waals surface area contributed by atoms with Crippen LogP contribution in [0.4, 0.5) is 11.5 Å². The van der Waals surface area contributed by atoms with Gasteiger partial charge >= 0.3 is 0 Å². The van der Waals surface area contributed by atoms with E-state index in [2.05, 4.69) is 9.97 Å². The Morgan fingerprint density at radius 2 is 1.64 bits per heavy atom. The minimum atomic E-state index is -0.0869. The summed E-state index contributed by atoms with van der Waals surface area (Å²) in [6.07, 6.45) is 1.46. The molecule has 0 aliphatic rings. The van der Waals surface area contributed by atoms with E-state index in [0.29, 0.717) is 24.6 Å². The van der Waals surface area contributed by atoms with Crippen LogP contribution in [0.3, 0.4) is 0 Å². The first-order chi connectivity index (χ1) is 13.8. The molecule has 140 valence electrons. The Balaban J connectivity index is 1.81. The third-order valence-corrected chi connectivity index (χ3v) is 4.46. The molecule has 0 aliphatic carbocycles. The molecule has 2 aromatic carbocycles. The van der Waals surface area contributed by atoms with Crippen molar-refractivity contribution in [1.29, 1.82) is 0 Å². The molecule has 0 N–H and O–H groups in total. The van der Waals surface area contributed by atoms with Crippen molar-refractivity contribution in [1.82, 2.24) is 14.5 Å². The van der Waals surface area contributed by atoms with Crippen LogP contribution in [0.5, 0.6) is 0 Å². The SMILES string of the molecule is CCn1c(=O)ccc2c(N(OCc3ccccc3)c3ccccc3)ncnc21. The lowest BCUT2D eigenvalue weighted by molar-refractivity contribution is 0.121. The fraction of sp³-hybridized carbons (Fsp3) is 0.136. The van der Waals surface area contributed by atoms with Gasteiger partial charge in [0.25, 0.3) is 5.56 Å². The summed E-state index contributed by atoms with van der Waals surface area (Å²) in [7, 11) is 0. The van der Waals surface area contributed by atoms with Crippen LogP contribution in [0.1, 0.15) is 12.5 Å². The quantitative estimate of drug-likeness (QED) is 0.477. The van der Waals surface area contributed by atoms with Gasteiger partial charge in [0, 0.05) is 12.6 Å². The molecule has 0 atom stereocenters. The van der Waals surface area contributed by atoms with Crippen LogP contribution in [0.15, 0.2) is 83.9 Å². The average Bonchev–Trinajstić information content (AvgIpc) is 2.75. The second-order valence-electron chi connectivity index (χ2n) is 6.24. The van der Waals surface area contributed by atoms with Gasteiger partial charge in [0.05, 0.1) is 11.1 Å². The molecule has 2 aromatic heterocycles. The Labute approximate surface area is 162 Å². The van der Waals surface area contributed by atoms with Crippen molar-refractivity contribution in [2.24, 2.45) is 0 Å². The van der Waals surface area contributed by atoms with Gasteiger partial charge in [-0.15, -0.1) is 0 Å². The maximum absolute atomic E-state index is 12.2. The third-order valence-electron chi connectivity index (χ3n) is 4.46. The molecule has 0 bridgehead atoms. The summed E-state index contributed by atoms with van der Waals surface area (Å²) >= 11 is 0. The smallest absolute Gasteiger partial charge is 0.252 e. The molecule has 0 aliphatic heterocycles. The summed E-state index contributed by atoms with van der Waals surface area (Å²) in [5.74, 6) is 0.592. The van der Waals surface area contributed by atoms with Crippen molar-refractivity contribution < 1.29 is 4.84 Å². The predicted molar refractivity (Wildman–Crippen MR) is 109 cm³/mol. The largest absolute Gasteiger partial charge is 0.293 e. The molecule has 0 amide bonds. The van der Waals surface area contributed by atoms with E-state index in [1.165, 1.54) is 6.33 Å². The molecule has 4 rings (SSSR count). The number of para-hydroxylation sites is 1. The van der Waals surface area contributed by atoms with E-state index in [9.17, 15) is 4.79 Å². The number of nitrogens with zero attached hydrogens (tertiary/aromatic N) is 4.